The van der Waals surface area contributed by atoms with E-state index in [1.807, 2.05) is 18.2 Å². The zero-order chi connectivity index (χ0) is 14.8. The van der Waals surface area contributed by atoms with Crippen LogP contribution in [0.1, 0.15) is 18.4 Å². The SMILES string of the molecule is COc1ccc(-c2cc(Cl)ccc2CNC2CC2)c(F)c1. The Morgan fingerprint density at radius 3 is 2.67 bits per heavy atom. The van der Waals surface area contributed by atoms with Crippen LogP contribution in [-0.4, -0.2) is 13.2 Å². The van der Waals surface area contributed by atoms with E-state index in [1.54, 1.807) is 12.1 Å². The summed E-state index contributed by atoms with van der Waals surface area (Å²) in [7, 11) is 1.53. The van der Waals surface area contributed by atoms with Crippen LogP contribution in [0.4, 0.5) is 4.39 Å². The van der Waals surface area contributed by atoms with Crippen LogP contribution in [0.15, 0.2) is 36.4 Å². The van der Waals surface area contributed by atoms with Gasteiger partial charge in [-0.05, 0) is 48.2 Å². The standard InChI is InChI=1S/C17H17ClFNO/c1-21-14-6-7-15(17(19)9-14)16-8-12(18)3-2-11(16)10-20-13-4-5-13/h2-3,6-9,13,20H,4-5,10H2,1H3. The molecule has 0 aliphatic heterocycles. The first-order valence-corrected chi connectivity index (χ1v) is 7.41. The third-order valence-electron chi connectivity index (χ3n) is 3.70. The topological polar surface area (TPSA) is 21.3 Å². The smallest absolute Gasteiger partial charge is 0.134 e. The van der Waals surface area contributed by atoms with Crippen molar-refractivity contribution in [1.82, 2.24) is 5.32 Å². The van der Waals surface area contributed by atoms with E-state index in [2.05, 4.69) is 5.32 Å². The van der Waals surface area contributed by atoms with Gasteiger partial charge in [-0.1, -0.05) is 17.7 Å². The van der Waals surface area contributed by atoms with Crippen LogP contribution in [-0.2, 0) is 6.54 Å². The highest BCUT2D eigenvalue weighted by atomic mass is 35.5. The molecule has 0 saturated heterocycles. The first-order valence-electron chi connectivity index (χ1n) is 7.03. The molecule has 2 nitrogen and oxygen atoms in total. The molecule has 0 atom stereocenters. The lowest BCUT2D eigenvalue weighted by atomic mass is 9.99. The Hall–Kier alpha value is -1.58. The van der Waals surface area contributed by atoms with Crippen LogP contribution in [0.5, 0.6) is 5.75 Å². The molecule has 1 N–H and O–H groups in total. The average molecular weight is 306 g/mol. The van der Waals surface area contributed by atoms with E-state index in [0.29, 0.717) is 22.4 Å². The maximum absolute atomic E-state index is 14.3. The van der Waals surface area contributed by atoms with Gasteiger partial charge in [0.25, 0.3) is 0 Å². The number of halogens is 2. The van der Waals surface area contributed by atoms with Gasteiger partial charge in [0, 0.05) is 29.2 Å². The van der Waals surface area contributed by atoms with Gasteiger partial charge in [0.15, 0.2) is 0 Å². The van der Waals surface area contributed by atoms with Crippen molar-refractivity contribution >= 4 is 11.6 Å². The van der Waals surface area contributed by atoms with Crippen LogP contribution >= 0.6 is 11.6 Å². The van der Waals surface area contributed by atoms with Gasteiger partial charge in [-0.2, -0.15) is 0 Å². The Morgan fingerprint density at radius 1 is 1.19 bits per heavy atom. The van der Waals surface area contributed by atoms with E-state index in [9.17, 15) is 4.39 Å². The van der Waals surface area contributed by atoms with Gasteiger partial charge < -0.3 is 10.1 Å². The van der Waals surface area contributed by atoms with Crippen LogP contribution in [0.2, 0.25) is 5.02 Å². The molecule has 0 unspecified atom stereocenters. The molecule has 0 heterocycles. The largest absolute Gasteiger partial charge is 0.497 e. The van der Waals surface area contributed by atoms with Crippen molar-refractivity contribution in [3.8, 4) is 16.9 Å². The van der Waals surface area contributed by atoms with E-state index in [0.717, 1.165) is 17.7 Å². The summed E-state index contributed by atoms with van der Waals surface area (Å²) >= 11 is 6.09. The molecule has 21 heavy (non-hydrogen) atoms. The van der Waals surface area contributed by atoms with Crippen LogP contribution in [0.3, 0.4) is 0 Å². The molecule has 0 radical (unpaired) electrons. The number of nitrogens with one attached hydrogen (secondary N) is 1. The Morgan fingerprint density at radius 2 is 2.00 bits per heavy atom. The van der Waals surface area contributed by atoms with E-state index in [4.69, 9.17) is 16.3 Å². The number of rotatable bonds is 5. The van der Waals surface area contributed by atoms with Gasteiger partial charge in [0.05, 0.1) is 7.11 Å². The summed E-state index contributed by atoms with van der Waals surface area (Å²) in [5.74, 6) is 0.209. The molecule has 1 aliphatic carbocycles. The van der Waals surface area contributed by atoms with Crippen molar-refractivity contribution in [2.75, 3.05) is 7.11 Å². The fourth-order valence-corrected chi connectivity index (χ4v) is 2.51. The molecule has 0 bridgehead atoms. The summed E-state index contributed by atoms with van der Waals surface area (Å²) < 4.78 is 19.4. The highest BCUT2D eigenvalue weighted by molar-refractivity contribution is 6.30. The van der Waals surface area contributed by atoms with Crippen molar-refractivity contribution in [2.45, 2.75) is 25.4 Å². The average Bonchev–Trinajstić information content (AvgIpc) is 3.30. The number of methoxy groups -OCH3 is 1. The van der Waals surface area contributed by atoms with Gasteiger partial charge in [0.1, 0.15) is 11.6 Å². The second kappa shape index (κ2) is 6.04. The number of ether oxygens (including phenoxy) is 1. The summed E-state index contributed by atoms with van der Waals surface area (Å²) in [6.07, 6.45) is 2.44. The fraction of sp³-hybridized carbons (Fsp3) is 0.294. The molecule has 1 aliphatic rings. The second-order valence-electron chi connectivity index (χ2n) is 5.30. The maximum Gasteiger partial charge on any atom is 0.134 e. The molecule has 0 amide bonds. The minimum absolute atomic E-state index is 0.302. The summed E-state index contributed by atoms with van der Waals surface area (Å²) in [4.78, 5) is 0. The lowest BCUT2D eigenvalue weighted by Crippen LogP contribution is -2.16. The van der Waals surface area contributed by atoms with Gasteiger partial charge in [0.2, 0.25) is 0 Å². The van der Waals surface area contributed by atoms with Gasteiger partial charge in [-0.15, -0.1) is 0 Å². The second-order valence-corrected chi connectivity index (χ2v) is 5.74. The van der Waals surface area contributed by atoms with Crippen molar-refractivity contribution in [3.63, 3.8) is 0 Å². The quantitative estimate of drug-likeness (QED) is 0.883. The Kier molecular flexibility index (Phi) is 4.13. The molecule has 4 heteroatoms. The number of hydrogen-bond acceptors (Lipinski definition) is 2. The lowest BCUT2D eigenvalue weighted by Gasteiger charge is -2.13. The van der Waals surface area contributed by atoms with Gasteiger partial charge in [-0.3, -0.25) is 0 Å². The minimum atomic E-state index is -0.302. The third-order valence-corrected chi connectivity index (χ3v) is 3.93. The summed E-state index contributed by atoms with van der Waals surface area (Å²) in [5, 5.41) is 4.06. The fourth-order valence-electron chi connectivity index (χ4n) is 2.34. The number of benzene rings is 2. The summed E-state index contributed by atoms with van der Waals surface area (Å²) in [5.41, 5.74) is 2.43. The molecule has 2 aromatic rings. The van der Waals surface area contributed by atoms with E-state index in [-0.39, 0.29) is 5.82 Å². The highest BCUT2D eigenvalue weighted by Gasteiger charge is 2.21. The molecule has 0 aromatic heterocycles. The predicted octanol–water partition coefficient (Wildman–Crippen LogP) is 4.41. The first-order chi connectivity index (χ1) is 10.2. The zero-order valence-electron chi connectivity index (χ0n) is 11.8. The molecule has 2 aromatic carbocycles. The Balaban J connectivity index is 1.96. The normalized spacial score (nSPS) is 14.2. The van der Waals surface area contributed by atoms with Crippen LogP contribution in [0, 0.1) is 5.82 Å². The molecular formula is C17H17ClFNO. The lowest BCUT2D eigenvalue weighted by molar-refractivity contribution is 0.411. The van der Waals surface area contributed by atoms with E-state index >= 15 is 0 Å². The van der Waals surface area contributed by atoms with Crippen molar-refractivity contribution in [1.29, 1.82) is 0 Å². The summed E-state index contributed by atoms with van der Waals surface area (Å²) in [6.45, 7) is 0.725. The summed E-state index contributed by atoms with van der Waals surface area (Å²) in [6, 6.07) is 11.1. The zero-order valence-corrected chi connectivity index (χ0v) is 12.6. The van der Waals surface area contributed by atoms with Crippen molar-refractivity contribution in [3.05, 3.63) is 52.8 Å². The predicted molar refractivity (Wildman–Crippen MR) is 83.3 cm³/mol. The maximum atomic E-state index is 14.3. The molecule has 3 rings (SSSR count). The molecule has 1 fully saturated rings. The van der Waals surface area contributed by atoms with Crippen LogP contribution < -0.4 is 10.1 Å². The molecular weight excluding hydrogens is 289 g/mol. The van der Waals surface area contributed by atoms with Crippen LogP contribution in [0.25, 0.3) is 11.1 Å². The highest BCUT2D eigenvalue weighted by Crippen LogP contribution is 2.31. The number of hydrogen-bond donors (Lipinski definition) is 1. The minimum Gasteiger partial charge on any atom is -0.497 e. The Labute approximate surface area is 128 Å². The molecule has 110 valence electrons. The molecule has 1 saturated carbocycles. The first kappa shape index (κ1) is 14.4. The van der Waals surface area contributed by atoms with E-state index in [1.165, 1.54) is 26.0 Å². The molecule has 0 spiro atoms. The van der Waals surface area contributed by atoms with Gasteiger partial charge >= 0.3 is 0 Å². The van der Waals surface area contributed by atoms with Gasteiger partial charge in [-0.25, -0.2) is 4.39 Å². The van der Waals surface area contributed by atoms with Crippen molar-refractivity contribution < 1.29 is 9.13 Å². The third kappa shape index (κ3) is 3.36. The van der Waals surface area contributed by atoms with Crippen molar-refractivity contribution in [2.24, 2.45) is 0 Å². The van der Waals surface area contributed by atoms with E-state index < -0.39 is 0 Å². The monoisotopic (exact) mass is 305 g/mol. The Bertz CT molecular complexity index is 655.